The number of carboxylic acids is 1. The van der Waals surface area contributed by atoms with Gasteiger partial charge in [-0.2, -0.15) is 0 Å². The van der Waals surface area contributed by atoms with Gasteiger partial charge in [-0.3, -0.25) is 4.79 Å². The molecule has 0 bridgehead atoms. The highest BCUT2D eigenvalue weighted by molar-refractivity contribution is 6.04. The van der Waals surface area contributed by atoms with Gasteiger partial charge >= 0.3 is 5.97 Å². The number of amides is 1. The van der Waals surface area contributed by atoms with Gasteiger partial charge in [0.05, 0.1) is 11.1 Å². The van der Waals surface area contributed by atoms with Crippen LogP contribution < -0.4 is 5.32 Å². The van der Waals surface area contributed by atoms with Crippen LogP contribution in [-0.2, 0) is 0 Å². The van der Waals surface area contributed by atoms with Gasteiger partial charge < -0.3 is 15.5 Å². The fraction of sp³-hybridized carbons (Fsp3) is 0.385. The van der Waals surface area contributed by atoms with Gasteiger partial charge in [0.15, 0.2) is 11.6 Å². The summed E-state index contributed by atoms with van der Waals surface area (Å²) in [5, 5.41) is 20.2. The summed E-state index contributed by atoms with van der Waals surface area (Å²) in [6.07, 6.45) is 0.798. The van der Waals surface area contributed by atoms with Gasteiger partial charge in [-0.15, -0.1) is 0 Å². The zero-order chi connectivity index (χ0) is 15.3. The molecule has 1 atom stereocenters. The number of aromatic carboxylic acids is 1. The number of carboxylic acid groups (broad SMARTS) is 1. The highest BCUT2D eigenvalue weighted by Gasteiger charge is 2.21. The third-order valence-electron chi connectivity index (χ3n) is 2.84. The second-order valence-corrected chi connectivity index (χ2v) is 4.21. The molecule has 3 N–H and O–H groups in total. The highest BCUT2D eigenvalue weighted by atomic mass is 19.2. The molecule has 5 nitrogen and oxygen atoms in total. The number of hydrogen-bond acceptors (Lipinski definition) is 3. The van der Waals surface area contributed by atoms with Crippen LogP contribution in [0.4, 0.5) is 8.78 Å². The third-order valence-corrected chi connectivity index (χ3v) is 2.84. The molecular formula is C13H15F2NO4. The second-order valence-electron chi connectivity index (χ2n) is 4.21. The molecule has 0 saturated carbocycles. The smallest absolute Gasteiger partial charge is 0.336 e. The Morgan fingerprint density at radius 3 is 2.25 bits per heavy atom. The number of carbonyl (C=O) groups excluding carboxylic acids is 1. The van der Waals surface area contributed by atoms with Gasteiger partial charge in [-0.1, -0.05) is 6.92 Å². The van der Waals surface area contributed by atoms with E-state index in [9.17, 15) is 18.4 Å². The Kier molecular flexibility index (Phi) is 5.57. The minimum absolute atomic E-state index is 0.150. The van der Waals surface area contributed by atoms with Crippen LogP contribution in [0.25, 0.3) is 0 Å². The normalized spacial score (nSPS) is 12.0. The standard InChI is InChI=1S/C13H15F2NO4/c1-2-7(3-4-17)16-12(18)8-5-10(14)11(15)6-9(8)13(19)20/h5-7,17H,2-4H2,1H3,(H,16,18)(H,19,20). The predicted octanol–water partition coefficient (Wildman–Crippen LogP) is 1.55. The van der Waals surface area contributed by atoms with E-state index in [-0.39, 0.29) is 19.1 Å². The Hall–Kier alpha value is -2.02. The fourth-order valence-corrected chi connectivity index (χ4v) is 1.71. The van der Waals surface area contributed by atoms with Crippen molar-refractivity contribution >= 4 is 11.9 Å². The Morgan fingerprint density at radius 2 is 1.80 bits per heavy atom. The van der Waals surface area contributed by atoms with Crippen LogP contribution >= 0.6 is 0 Å². The molecule has 20 heavy (non-hydrogen) atoms. The van der Waals surface area contributed by atoms with E-state index < -0.39 is 34.6 Å². The largest absolute Gasteiger partial charge is 0.478 e. The van der Waals surface area contributed by atoms with Crippen molar-refractivity contribution in [2.24, 2.45) is 0 Å². The van der Waals surface area contributed by atoms with Crippen LogP contribution in [-0.4, -0.2) is 34.7 Å². The quantitative estimate of drug-likeness (QED) is 0.741. The molecule has 0 spiro atoms. The third kappa shape index (κ3) is 3.74. The average Bonchev–Trinajstić information content (AvgIpc) is 2.40. The summed E-state index contributed by atoms with van der Waals surface area (Å²) in [5.74, 6) is -4.97. The first-order valence-electron chi connectivity index (χ1n) is 6.04. The zero-order valence-electron chi connectivity index (χ0n) is 10.8. The van der Waals surface area contributed by atoms with Crippen molar-refractivity contribution in [1.82, 2.24) is 5.32 Å². The lowest BCUT2D eigenvalue weighted by atomic mass is 10.0. The van der Waals surface area contributed by atoms with E-state index in [2.05, 4.69) is 5.32 Å². The number of nitrogens with one attached hydrogen (secondary N) is 1. The van der Waals surface area contributed by atoms with Gasteiger partial charge in [-0.05, 0) is 25.0 Å². The lowest BCUT2D eigenvalue weighted by Gasteiger charge is -2.16. The lowest BCUT2D eigenvalue weighted by molar-refractivity contribution is 0.0689. The first-order chi connectivity index (χ1) is 9.40. The Balaban J connectivity index is 3.08. The number of aliphatic hydroxyl groups is 1. The summed E-state index contributed by atoms with van der Waals surface area (Å²) < 4.78 is 26.2. The van der Waals surface area contributed by atoms with Crippen LogP contribution in [0.5, 0.6) is 0 Å². The van der Waals surface area contributed by atoms with E-state index in [1.165, 1.54) is 0 Å². The van der Waals surface area contributed by atoms with Crippen LogP contribution in [0.3, 0.4) is 0 Å². The molecule has 1 rings (SSSR count). The van der Waals surface area contributed by atoms with Crippen molar-refractivity contribution in [3.8, 4) is 0 Å². The summed E-state index contributed by atoms with van der Waals surface area (Å²) in [6.45, 7) is 1.62. The maximum absolute atomic E-state index is 13.2. The molecule has 0 aliphatic rings. The van der Waals surface area contributed by atoms with Gasteiger partial charge in [0.25, 0.3) is 5.91 Å². The summed E-state index contributed by atoms with van der Waals surface area (Å²) >= 11 is 0. The average molecular weight is 287 g/mol. The molecule has 0 aliphatic carbocycles. The maximum Gasteiger partial charge on any atom is 0.336 e. The van der Waals surface area contributed by atoms with Crippen molar-refractivity contribution in [3.05, 3.63) is 34.9 Å². The lowest BCUT2D eigenvalue weighted by Crippen LogP contribution is -2.36. The van der Waals surface area contributed by atoms with Crippen molar-refractivity contribution < 1.29 is 28.6 Å². The summed E-state index contributed by atoms with van der Waals surface area (Å²) in [5.41, 5.74) is -1.06. The fourth-order valence-electron chi connectivity index (χ4n) is 1.71. The Bertz CT molecular complexity index is 519. The monoisotopic (exact) mass is 287 g/mol. The molecule has 0 aliphatic heterocycles. The van der Waals surface area contributed by atoms with Crippen LogP contribution in [0.15, 0.2) is 12.1 Å². The molecule has 0 aromatic heterocycles. The van der Waals surface area contributed by atoms with Gasteiger partial charge in [0.1, 0.15) is 0 Å². The number of hydrogen-bond donors (Lipinski definition) is 3. The zero-order valence-corrected chi connectivity index (χ0v) is 10.8. The molecule has 1 amide bonds. The summed E-state index contributed by atoms with van der Waals surface area (Å²) in [4.78, 5) is 22.9. The first-order valence-corrected chi connectivity index (χ1v) is 6.04. The molecule has 7 heteroatoms. The molecule has 1 aromatic carbocycles. The number of carbonyl (C=O) groups is 2. The minimum Gasteiger partial charge on any atom is -0.478 e. The summed E-state index contributed by atoms with van der Waals surface area (Å²) in [6, 6.07) is 0.654. The molecule has 0 saturated heterocycles. The van der Waals surface area contributed by atoms with Crippen molar-refractivity contribution in [2.75, 3.05) is 6.61 Å². The Morgan fingerprint density at radius 1 is 1.25 bits per heavy atom. The topological polar surface area (TPSA) is 86.6 Å². The molecule has 0 radical (unpaired) electrons. The van der Waals surface area contributed by atoms with Crippen molar-refractivity contribution in [1.29, 1.82) is 0 Å². The predicted molar refractivity (Wildman–Crippen MR) is 66.6 cm³/mol. The van der Waals surface area contributed by atoms with Crippen LogP contribution in [0.1, 0.15) is 40.5 Å². The highest BCUT2D eigenvalue weighted by Crippen LogP contribution is 2.16. The molecule has 0 fully saturated rings. The van der Waals surface area contributed by atoms with Crippen LogP contribution in [0.2, 0.25) is 0 Å². The van der Waals surface area contributed by atoms with E-state index in [0.717, 1.165) is 0 Å². The summed E-state index contributed by atoms with van der Waals surface area (Å²) in [7, 11) is 0. The Labute approximate surface area is 114 Å². The van der Waals surface area contributed by atoms with Crippen molar-refractivity contribution in [2.45, 2.75) is 25.8 Å². The molecule has 1 aromatic rings. The van der Waals surface area contributed by atoms with E-state index in [4.69, 9.17) is 10.2 Å². The molecule has 1 unspecified atom stereocenters. The van der Waals surface area contributed by atoms with E-state index in [1.54, 1.807) is 6.92 Å². The SMILES string of the molecule is CCC(CCO)NC(=O)c1cc(F)c(F)cc1C(=O)O. The molecule has 0 heterocycles. The van der Waals surface area contributed by atoms with Gasteiger partial charge in [0.2, 0.25) is 0 Å². The van der Waals surface area contributed by atoms with E-state index in [1.807, 2.05) is 0 Å². The molecular weight excluding hydrogens is 272 g/mol. The second kappa shape index (κ2) is 6.95. The number of aliphatic hydroxyl groups excluding tert-OH is 1. The van der Waals surface area contributed by atoms with Crippen molar-refractivity contribution in [3.63, 3.8) is 0 Å². The number of halogens is 2. The van der Waals surface area contributed by atoms with Crippen LogP contribution in [0, 0.1) is 11.6 Å². The maximum atomic E-state index is 13.2. The number of benzene rings is 1. The first kappa shape index (κ1) is 16.0. The number of rotatable bonds is 6. The van der Waals surface area contributed by atoms with Gasteiger partial charge in [-0.25, -0.2) is 13.6 Å². The van der Waals surface area contributed by atoms with Gasteiger partial charge in [0, 0.05) is 12.6 Å². The molecule has 110 valence electrons. The van der Waals surface area contributed by atoms with E-state index in [0.29, 0.717) is 18.6 Å². The van der Waals surface area contributed by atoms with E-state index >= 15 is 0 Å². The minimum atomic E-state index is -1.52.